The average molecular weight is 308 g/mol. The van der Waals surface area contributed by atoms with Gasteiger partial charge in [-0.15, -0.1) is 0 Å². The summed E-state index contributed by atoms with van der Waals surface area (Å²) >= 11 is 0. The Hall–Kier alpha value is -2.44. The first kappa shape index (κ1) is 17.6. The third-order valence-electron chi connectivity index (χ3n) is 3.08. The van der Waals surface area contributed by atoms with Crippen LogP contribution in [0.4, 0.5) is 0 Å². The number of nitrogens with one attached hydrogen (secondary N) is 1. The Morgan fingerprint density at radius 1 is 1.18 bits per heavy atom. The molecule has 1 aromatic rings. The second kappa shape index (κ2) is 9.49. The Balaban J connectivity index is 2.14. The van der Waals surface area contributed by atoms with E-state index in [1.807, 2.05) is 0 Å². The topological polar surface area (TPSA) is 98.5 Å². The average Bonchev–Trinajstić information content (AvgIpc) is 2.49. The summed E-state index contributed by atoms with van der Waals surface area (Å²) in [6.07, 6.45) is 2.29. The number of nitro groups is 1. The van der Waals surface area contributed by atoms with E-state index in [1.165, 1.54) is 0 Å². The summed E-state index contributed by atoms with van der Waals surface area (Å²) in [6, 6.07) is 6.81. The van der Waals surface area contributed by atoms with Crippen LogP contribution in [0, 0.1) is 10.1 Å². The minimum absolute atomic E-state index is 0.160. The predicted octanol–water partition coefficient (Wildman–Crippen LogP) is 1.83. The SMILES string of the molecule is COc1ccc(C(=O)NCCCCCC(=O)C[N+](=O)[O-])cc1. The Kier molecular flexibility index (Phi) is 7.60. The van der Waals surface area contributed by atoms with Gasteiger partial charge in [-0.2, -0.15) is 0 Å². The number of hydrogen-bond acceptors (Lipinski definition) is 5. The van der Waals surface area contributed by atoms with Crippen LogP contribution in [0.25, 0.3) is 0 Å². The van der Waals surface area contributed by atoms with Gasteiger partial charge in [-0.25, -0.2) is 0 Å². The third-order valence-corrected chi connectivity index (χ3v) is 3.08. The molecule has 0 saturated carbocycles. The molecule has 0 aromatic heterocycles. The van der Waals surface area contributed by atoms with Gasteiger partial charge in [0.15, 0.2) is 0 Å². The largest absolute Gasteiger partial charge is 0.497 e. The summed E-state index contributed by atoms with van der Waals surface area (Å²) in [5, 5.41) is 12.9. The van der Waals surface area contributed by atoms with Crippen LogP contribution >= 0.6 is 0 Å². The Bertz CT molecular complexity index is 513. The summed E-state index contributed by atoms with van der Waals surface area (Å²) in [4.78, 5) is 32.4. The summed E-state index contributed by atoms with van der Waals surface area (Å²) < 4.78 is 5.02. The standard InChI is InChI=1S/C15H20N2O5/c1-22-14-8-6-12(7-9-14)15(19)16-10-4-2-3-5-13(18)11-17(20)21/h6-9H,2-5,10-11H2,1H3,(H,16,19). The quantitative estimate of drug-likeness (QED) is 0.404. The fourth-order valence-corrected chi connectivity index (χ4v) is 1.89. The van der Waals surface area contributed by atoms with E-state index in [2.05, 4.69) is 5.32 Å². The second-order valence-electron chi connectivity index (χ2n) is 4.82. The number of rotatable bonds is 10. The molecule has 22 heavy (non-hydrogen) atoms. The van der Waals surface area contributed by atoms with E-state index < -0.39 is 11.5 Å². The fraction of sp³-hybridized carbons (Fsp3) is 0.467. The number of benzene rings is 1. The van der Waals surface area contributed by atoms with Gasteiger partial charge in [-0.05, 0) is 37.1 Å². The molecule has 0 spiro atoms. The Morgan fingerprint density at radius 3 is 2.45 bits per heavy atom. The number of ketones is 1. The highest BCUT2D eigenvalue weighted by Gasteiger charge is 2.09. The van der Waals surface area contributed by atoms with Crippen LogP contribution in [0.15, 0.2) is 24.3 Å². The van der Waals surface area contributed by atoms with Crippen LogP contribution in [0.1, 0.15) is 36.0 Å². The highest BCUT2D eigenvalue weighted by Crippen LogP contribution is 2.11. The Labute approximate surface area is 128 Å². The maximum Gasteiger partial charge on any atom is 0.261 e. The van der Waals surface area contributed by atoms with Crippen molar-refractivity contribution in [1.82, 2.24) is 5.32 Å². The van der Waals surface area contributed by atoms with E-state index in [4.69, 9.17) is 4.74 Å². The molecule has 0 unspecified atom stereocenters. The molecule has 7 heteroatoms. The van der Waals surface area contributed by atoms with Crippen molar-refractivity contribution < 1.29 is 19.2 Å². The number of carbonyl (C=O) groups is 2. The minimum Gasteiger partial charge on any atom is -0.497 e. The first-order valence-corrected chi connectivity index (χ1v) is 7.08. The molecule has 0 aliphatic rings. The maximum atomic E-state index is 11.8. The number of Topliss-reactive ketones (excluding diaryl/α,β-unsaturated/α-hetero) is 1. The van der Waals surface area contributed by atoms with Gasteiger partial charge in [0.1, 0.15) is 5.75 Å². The van der Waals surface area contributed by atoms with Crippen molar-refractivity contribution in [3.8, 4) is 5.75 Å². The van der Waals surface area contributed by atoms with Crippen molar-refractivity contribution in [2.24, 2.45) is 0 Å². The lowest BCUT2D eigenvalue weighted by molar-refractivity contribution is -0.467. The Morgan fingerprint density at radius 2 is 1.86 bits per heavy atom. The van der Waals surface area contributed by atoms with Gasteiger partial charge in [0.2, 0.25) is 5.78 Å². The van der Waals surface area contributed by atoms with Gasteiger partial charge in [0.25, 0.3) is 12.5 Å². The third kappa shape index (κ3) is 6.83. The number of ether oxygens (including phenoxy) is 1. The van der Waals surface area contributed by atoms with Crippen LogP contribution in [0.2, 0.25) is 0 Å². The van der Waals surface area contributed by atoms with E-state index in [1.54, 1.807) is 31.4 Å². The van der Waals surface area contributed by atoms with Crippen molar-refractivity contribution >= 4 is 11.7 Å². The zero-order chi connectivity index (χ0) is 16.4. The van der Waals surface area contributed by atoms with Crippen molar-refractivity contribution in [2.45, 2.75) is 25.7 Å². The molecule has 1 aromatic carbocycles. The number of unbranched alkanes of at least 4 members (excludes halogenated alkanes) is 2. The fourth-order valence-electron chi connectivity index (χ4n) is 1.89. The molecule has 120 valence electrons. The highest BCUT2D eigenvalue weighted by atomic mass is 16.6. The molecule has 0 atom stereocenters. The van der Waals surface area contributed by atoms with Crippen LogP contribution in [-0.2, 0) is 4.79 Å². The monoisotopic (exact) mass is 308 g/mol. The molecule has 1 amide bonds. The normalized spacial score (nSPS) is 10.0. The minimum atomic E-state index is -0.614. The molecular weight excluding hydrogens is 288 g/mol. The first-order valence-electron chi connectivity index (χ1n) is 7.08. The lowest BCUT2D eigenvalue weighted by Crippen LogP contribution is -2.24. The molecule has 0 saturated heterocycles. The van der Waals surface area contributed by atoms with Gasteiger partial charge >= 0.3 is 0 Å². The van der Waals surface area contributed by atoms with E-state index >= 15 is 0 Å². The predicted molar refractivity (Wildman–Crippen MR) is 80.7 cm³/mol. The highest BCUT2D eigenvalue weighted by molar-refractivity contribution is 5.94. The summed E-state index contributed by atoms with van der Waals surface area (Å²) in [5.41, 5.74) is 0.557. The van der Waals surface area contributed by atoms with E-state index in [0.29, 0.717) is 24.3 Å². The lowest BCUT2D eigenvalue weighted by Gasteiger charge is -2.06. The van der Waals surface area contributed by atoms with E-state index in [9.17, 15) is 19.7 Å². The number of methoxy groups -OCH3 is 1. The molecule has 1 rings (SSSR count). The smallest absolute Gasteiger partial charge is 0.261 e. The summed E-state index contributed by atoms with van der Waals surface area (Å²) in [5.74, 6) is 0.176. The van der Waals surface area contributed by atoms with Crippen LogP contribution in [0.3, 0.4) is 0 Å². The maximum absolute atomic E-state index is 11.8. The molecule has 0 radical (unpaired) electrons. The van der Waals surface area contributed by atoms with Gasteiger partial charge in [0.05, 0.1) is 7.11 Å². The van der Waals surface area contributed by atoms with Crippen molar-refractivity contribution in [3.05, 3.63) is 39.9 Å². The summed E-state index contributed by atoms with van der Waals surface area (Å²) in [6.45, 7) is -0.0947. The lowest BCUT2D eigenvalue weighted by atomic mass is 10.1. The molecule has 0 fully saturated rings. The van der Waals surface area contributed by atoms with Crippen molar-refractivity contribution in [1.29, 1.82) is 0 Å². The molecule has 0 bridgehead atoms. The zero-order valence-corrected chi connectivity index (χ0v) is 12.5. The van der Waals surface area contributed by atoms with Gasteiger partial charge in [-0.3, -0.25) is 19.7 Å². The first-order chi connectivity index (χ1) is 10.5. The van der Waals surface area contributed by atoms with Crippen LogP contribution < -0.4 is 10.1 Å². The van der Waals surface area contributed by atoms with Crippen LogP contribution in [-0.4, -0.2) is 36.8 Å². The summed E-state index contributed by atoms with van der Waals surface area (Å²) in [7, 11) is 1.56. The molecule has 1 N–H and O–H groups in total. The van der Waals surface area contributed by atoms with Crippen molar-refractivity contribution in [2.75, 3.05) is 20.2 Å². The second-order valence-corrected chi connectivity index (χ2v) is 4.82. The number of hydrogen-bond donors (Lipinski definition) is 1. The van der Waals surface area contributed by atoms with E-state index in [0.717, 1.165) is 12.8 Å². The van der Waals surface area contributed by atoms with E-state index in [-0.39, 0.29) is 18.1 Å². The van der Waals surface area contributed by atoms with Gasteiger partial charge < -0.3 is 10.1 Å². The molecular formula is C15H20N2O5. The number of amides is 1. The van der Waals surface area contributed by atoms with Crippen LogP contribution in [0.5, 0.6) is 5.75 Å². The molecule has 0 aliphatic carbocycles. The number of carbonyl (C=O) groups excluding carboxylic acids is 2. The molecule has 0 heterocycles. The van der Waals surface area contributed by atoms with Gasteiger partial charge in [0, 0.05) is 23.5 Å². The molecule has 0 aliphatic heterocycles. The van der Waals surface area contributed by atoms with Crippen molar-refractivity contribution in [3.63, 3.8) is 0 Å². The van der Waals surface area contributed by atoms with Gasteiger partial charge in [-0.1, -0.05) is 6.42 Å². The zero-order valence-electron chi connectivity index (χ0n) is 12.5. The number of nitrogens with zero attached hydrogens (tertiary/aromatic N) is 1. The molecule has 7 nitrogen and oxygen atoms in total.